The molecule has 0 bridgehead atoms. The number of aryl methyl sites for hydroxylation is 1. The number of aromatic amines is 1. The number of H-pyrrole nitrogens is 1. The third-order valence-electron chi connectivity index (χ3n) is 3.35. The second kappa shape index (κ2) is 7.25. The molecule has 1 amide bonds. The molecule has 7 heteroatoms. The zero-order valence-electron chi connectivity index (χ0n) is 13.9. The number of carbonyl (C=O) groups excluding carboxylic acids is 1. The van der Waals surface area contributed by atoms with Gasteiger partial charge in [-0.05, 0) is 57.4 Å². The highest BCUT2D eigenvalue weighted by molar-refractivity contribution is 9.10. The smallest absolute Gasteiger partial charge is 0.407 e. The van der Waals surface area contributed by atoms with Gasteiger partial charge in [-0.1, -0.05) is 15.9 Å². The number of carboxylic acid groups (broad SMARTS) is 1. The maximum absolute atomic E-state index is 11.6. The first kappa shape index (κ1) is 18.3. The van der Waals surface area contributed by atoms with Crippen LogP contribution in [-0.4, -0.2) is 34.3 Å². The summed E-state index contributed by atoms with van der Waals surface area (Å²) in [4.78, 5) is 26.0. The third kappa shape index (κ3) is 4.74. The molecule has 1 aromatic carbocycles. The Morgan fingerprint density at radius 1 is 1.33 bits per heavy atom. The number of benzene rings is 1. The van der Waals surface area contributed by atoms with E-state index in [1.165, 1.54) is 0 Å². The van der Waals surface area contributed by atoms with Crippen LogP contribution in [0.25, 0.3) is 10.9 Å². The lowest BCUT2D eigenvalue weighted by atomic mass is 10.1. The molecule has 0 fully saturated rings. The van der Waals surface area contributed by atoms with Gasteiger partial charge in [0, 0.05) is 21.9 Å². The first-order chi connectivity index (χ1) is 11.2. The normalized spacial score (nSPS) is 11.5. The zero-order valence-corrected chi connectivity index (χ0v) is 15.5. The number of aromatic carboxylic acids is 1. The van der Waals surface area contributed by atoms with Crippen LogP contribution in [0.2, 0.25) is 0 Å². The summed E-state index contributed by atoms with van der Waals surface area (Å²) in [6, 6.07) is 5.60. The Kier molecular flexibility index (Phi) is 5.54. The lowest BCUT2D eigenvalue weighted by Crippen LogP contribution is -2.33. The zero-order chi connectivity index (χ0) is 17.9. The average Bonchev–Trinajstić information content (AvgIpc) is 2.80. The fourth-order valence-electron chi connectivity index (χ4n) is 2.43. The summed E-state index contributed by atoms with van der Waals surface area (Å²) in [5.41, 5.74) is 1.18. The van der Waals surface area contributed by atoms with Gasteiger partial charge in [-0.2, -0.15) is 0 Å². The van der Waals surface area contributed by atoms with Gasteiger partial charge >= 0.3 is 12.1 Å². The standard InChI is InChI=1S/C17H21BrN2O4/c1-17(2,3)24-16(23)19-8-4-5-11-12-9-10(18)6-7-13(12)20-14(11)15(21)22/h6-7,9,20H,4-5,8H2,1-3H3,(H,19,23)(H,21,22). The summed E-state index contributed by atoms with van der Waals surface area (Å²) in [5, 5.41) is 12.9. The molecule has 1 heterocycles. The molecule has 0 atom stereocenters. The quantitative estimate of drug-likeness (QED) is 0.663. The minimum atomic E-state index is -0.988. The summed E-state index contributed by atoms with van der Waals surface area (Å²) in [7, 11) is 0. The molecule has 0 saturated carbocycles. The minimum absolute atomic E-state index is 0.195. The maximum atomic E-state index is 11.6. The number of amides is 1. The van der Waals surface area contributed by atoms with E-state index in [1.54, 1.807) is 20.8 Å². The van der Waals surface area contributed by atoms with E-state index in [2.05, 4.69) is 26.2 Å². The van der Waals surface area contributed by atoms with E-state index in [1.807, 2.05) is 18.2 Å². The van der Waals surface area contributed by atoms with Gasteiger partial charge < -0.3 is 20.1 Å². The summed E-state index contributed by atoms with van der Waals surface area (Å²) in [6.07, 6.45) is 0.676. The number of aromatic nitrogens is 1. The van der Waals surface area contributed by atoms with E-state index >= 15 is 0 Å². The lowest BCUT2D eigenvalue weighted by Gasteiger charge is -2.19. The maximum Gasteiger partial charge on any atom is 0.407 e. The van der Waals surface area contributed by atoms with Crippen LogP contribution >= 0.6 is 15.9 Å². The number of hydrogen-bond donors (Lipinski definition) is 3. The Morgan fingerprint density at radius 3 is 2.67 bits per heavy atom. The highest BCUT2D eigenvalue weighted by Crippen LogP contribution is 2.27. The van der Waals surface area contributed by atoms with E-state index in [-0.39, 0.29) is 5.69 Å². The SMILES string of the molecule is CC(C)(C)OC(=O)NCCCc1c(C(=O)O)[nH]c2ccc(Br)cc12. The summed E-state index contributed by atoms with van der Waals surface area (Å²) in [6.45, 7) is 5.81. The summed E-state index contributed by atoms with van der Waals surface area (Å²) >= 11 is 3.41. The van der Waals surface area contributed by atoms with Crippen LogP contribution in [0.4, 0.5) is 4.79 Å². The van der Waals surface area contributed by atoms with Gasteiger partial charge in [0.25, 0.3) is 0 Å². The van der Waals surface area contributed by atoms with Crippen molar-refractivity contribution < 1.29 is 19.4 Å². The van der Waals surface area contributed by atoms with Crippen molar-refractivity contribution in [2.45, 2.75) is 39.2 Å². The fourth-order valence-corrected chi connectivity index (χ4v) is 2.79. The number of hydrogen-bond acceptors (Lipinski definition) is 3. The molecule has 6 nitrogen and oxygen atoms in total. The summed E-state index contributed by atoms with van der Waals surface area (Å²) < 4.78 is 6.05. The van der Waals surface area contributed by atoms with Gasteiger partial charge in [0.2, 0.25) is 0 Å². The first-order valence-corrected chi connectivity index (χ1v) is 8.47. The van der Waals surface area contributed by atoms with Crippen LogP contribution in [0.5, 0.6) is 0 Å². The van der Waals surface area contributed by atoms with Crippen LogP contribution < -0.4 is 5.32 Å². The molecule has 2 aromatic rings. The van der Waals surface area contributed by atoms with Crippen molar-refractivity contribution in [1.82, 2.24) is 10.3 Å². The van der Waals surface area contributed by atoms with Gasteiger partial charge in [0.1, 0.15) is 11.3 Å². The van der Waals surface area contributed by atoms with Crippen LogP contribution in [0.1, 0.15) is 43.2 Å². The van der Waals surface area contributed by atoms with Gasteiger partial charge in [0.15, 0.2) is 0 Å². The molecule has 24 heavy (non-hydrogen) atoms. The molecule has 2 rings (SSSR count). The minimum Gasteiger partial charge on any atom is -0.477 e. The van der Waals surface area contributed by atoms with Crippen LogP contribution in [-0.2, 0) is 11.2 Å². The number of nitrogens with one attached hydrogen (secondary N) is 2. The molecule has 0 radical (unpaired) electrons. The van der Waals surface area contributed by atoms with Crippen molar-refractivity contribution in [3.05, 3.63) is 33.9 Å². The third-order valence-corrected chi connectivity index (χ3v) is 3.85. The molecule has 3 N–H and O–H groups in total. The van der Waals surface area contributed by atoms with E-state index < -0.39 is 17.7 Å². The van der Waals surface area contributed by atoms with Gasteiger partial charge in [-0.3, -0.25) is 0 Å². The first-order valence-electron chi connectivity index (χ1n) is 7.67. The Morgan fingerprint density at radius 2 is 2.04 bits per heavy atom. The van der Waals surface area contributed by atoms with E-state index in [0.29, 0.717) is 19.4 Å². The molecule has 1 aromatic heterocycles. The molecular weight excluding hydrogens is 376 g/mol. The Hall–Kier alpha value is -2.02. The van der Waals surface area contributed by atoms with Crippen molar-refractivity contribution in [1.29, 1.82) is 0 Å². The second-order valence-corrected chi connectivity index (χ2v) is 7.42. The van der Waals surface area contributed by atoms with E-state index in [0.717, 1.165) is 20.9 Å². The van der Waals surface area contributed by atoms with Gasteiger partial charge in [0.05, 0.1) is 0 Å². The molecule has 0 saturated heterocycles. The van der Waals surface area contributed by atoms with E-state index in [4.69, 9.17) is 4.74 Å². The number of carboxylic acids is 1. The Balaban J connectivity index is 2.04. The Labute approximate surface area is 148 Å². The van der Waals surface area contributed by atoms with Crippen molar-refractivity contribution in [3.8, 4) is 0 Å². The fraction of sp³-hybridized carbons (Fsp3) is 0.412. The molecule has 0 unspecified atom stereocenters. The van der Waals surface area contributed by atoms with Crippen LogP contribution in [0.15, 0.2) is 22.7 Å². The lowest BCUT2D eigenvalue weighted by molar-refractivity contribution is 0.0526. The van der Waals surface area contributed by atoms with Gasteiger partial charge in [-0.25, -0.2) is 9.59 Å². The molecule has 0 aliphatic carbocycles. The van der Waals surface area contributed by atoms with Crippen molar-refractivity contribution >= 4 is 38.9 Å². The average molecular weight is 397 g/mol. The predicted octanol–water partition coefficient (Wildman–Crippen LogP) is 4.09. The van der Waals surface area contributed by atoms with Crippen molar-refractivity contribution in [3.63, 3.8) is 0 Å². The highest BCUT2D eigenvalue weighted by atomic mass is 79.9. The largest absolute Gasteiger partial charge is 0.477 e. The monoisotopic (exact) mass is 396 g/mol. The number of halogens is 1. The summed E-state index contributed by atoms with van der Waals surface area (Å²) in [5.74, 6) is -0.988. The number of ether oxygens (including phenoxy) is 1. The van der Waals surface area contributed by atoms with Crippen molar-refractivity contribution in [2.75, 3.05) is 6.54 Å². The van der Waals surface area contributed by atoms with Crippen LogP contribution in [0, 0.1) is 0 Å². The highest BCUT2D eigenvalue weighted by Gasteiger charge is 2.18. The van der Waals surface area contributed by atoms with Crippen molar-refractivity contribution in [2.24, 2.45) is 0 Å². The molecule has 0 aliphatic heterocycles. The predicted molar refractivity (Wildman–Crippen MR) is 95.5 cm³/mol. The number of carbonyl (C=O) groups is 2. The van der Waals surface area contributed by atoms with Crippen LogP contribution in [0.3, 0.4) is 0 Å². The topological polar surface area (TPSA) is 91.4 Å². The van der Waals surface area contributed by atoms with E-state index in [9.17, 15) is 14.7 Å². The number of fused-ring (bicyclic) bond motifs is 1. The second-order valence-electron chi connectivity index (χ2n) is 6.51. The van der Waals surface area contributed by atoms with Gasteiger partial charge in [-0.15, -0.1) is 0 Å². The molecular formula is C17H21BrN2O4. The molecule has 0 spiro atoms. The Bertz CT molecular complexity index is 762. The number of alkyl carbamates (subject to hydrolysis) is 1. The molecule has 0 aliphatic rings. The molecule has 130 valence electrons. The number of rotatable bonds is 5.